The Morgan fingerprint density at radius 3 is 2.73 bits per heavy atom. The van der Waals surface area contributed by atoms with Crippen LogP contribution in [0.5, 0.6) is 0 Å². The van der Waals surface area contributed by atoms with Gasteiger partial charge in [0.25, 0.3) is 0 Å². The van der Waals surface area contributed by atoms with Gasteiger partial charge >= 0.3 is 0 Å². The highest BCUT2D eigenvalue weighted by Gasteiger charge is 2.04. The van der Waals surface area contributed by atoms with Crippen LogP contribution in [0.1, 0.15) is 28.9 Å². The summed E-state index contributed by atoms with van der Waals surface area (Å²) in [7, 11) is 0. The van der Waals surface area contributed by atoms with E-state index in [9.17, 15) is 0 Å². The molecule has 2 nitrogen and oxygen atoms in total. The van der Waals surface area contributed by atoms with Gasteiger partial charge in [-0.2, -0.15) is 0 Å². The normalized spacial score (nSPS) is 10.5. The highest BCUT2D eigenvalue weighted by Crippen LogP contribution is 2.18. The molecule has 0 aliphatic heterocycles. The Morgan fingerprint density at radius 1 is 1.55 bits per heavy atom. The third-order valence-electron chi connectivity index (χ3n) is 1.55. The summed E-state index contributed by atoms with van der Waals surface area (Å²) in [5, 5.41) is 9.99. The van der Waals surface area contributed by atoms with Crippen LogP contribution in [0.3, 0.4) is 0 Å². The number of aliphatic hydroxyl groups excluding tert-OH is 1. The third kappa shape index (κ3) is 2.01. The second-order valence-electron chi connectivity index (χ2n) is 2.52. The van der Waals surface area contributed by atoms with Gasteiger partial charge in [-0.25, -0.2) is 4.98 Å². The van der Waals surface area contributed by atoms with Gasteiger partial charge in [-0.05, 0) is 19.8 Å². The Bertz CT molecular complexity index is 232. The molecule has 0 atom stereocenters. The molecule has 0 saturated carbocycles. The minimum absolute atomic E-state index is 0.0754. The van der Waals surface area contributed by atoms with Crippen molar-refractivity contribution in [3.8, 4) is 0 Å². The predicted octanol–water partition coefficient (Wildman–Crippen LogP) is 1.90. The van der Waals surface area contributed by atoms with Crippen molar-refractivity contribution < 1.29 is 5.11 Å². The summed E-state index contributed by atoms with van der Waals surface area (Å²) in [4.78, 5) is 5.44. The molecule has 0 aliphatic carbocycles. The lowest BCUT2D eigenvalue weighted by Crippen LogP contribution is -1.86. The summed E-state index contributed by atoms with van der Waals surface area (Å²) in [6.45, 7) is 4.21. The topological polar surface area (TPSA) is 33.1 Å². The summed E-state index contributed by atoms with van der Waals surface area (Å²) in [5.74, 6) is 0. The number of aryl methyl sites for hydroxylation is 2. The number of hydrogen-bond acceptors (Lipinski definition) is 3. The zero-order chi connectivity index (χ0) is 8.27. The molecular weight excluding hydrogens is 158 g/mol. The molecule has 0 aliphatic rings. The van der Waals surface area contributed by atoms with Gasteiger partial charge < -0.3 is 5.11 Å². The molecule has 1 aromatic heterocycles. The monoisotopic (exact) mass is 171 g/mol. The van der Waals surface area contributed by atoms with E-state index in [4.69, 9.17) is 5.11 Å². The predicted molar refractivity (Wildman–Crippen MR) is 46.8 cm³/mol. The maximum absolute atomic E-state index is 8.84. The zero-order valence-electron chi connectivity index (χ0n) is 6.92. The Labute approximate surface area is 70.9 Å². The van der Waals surface area contributed by atoms with Gasteiger partial charge in [0.2, 0.25) is 0 Å². The van der Waals surface area contributed by atoms with Crippen molar-refractivity contribution in [2.45, 2.75) is 33.3 Å². The van der Waals surface area contributed by atoms with Crippen molar-refractivity contribution in [1.29, 1.82) is 0 Å². The molecule has 0 aromatic carbocycles. The van der Waals surface area contributed by atoms with E-state index in [-0.39, 0.29) is 6.61 Å². The lowest BCUT2D eigenvalue weighted by Gasteiger charge is -1.87. The highest BCUT2D eigenvalue weighted by atomic mass is 32.1. The fourth-order valence-corrected chi connectivity index (χ4v) is 2.00. The molecule has 0 spiro atoms. The number of aromatic nitrogens is 1. The molecule has 3 heteroatoms. The van der Waals surface area contributed by atoms with Gasteiger partial charge in [-0.3, -0.25) is 0 Å². The van der Waals surface area contributed by atoms with Crippen LogP contribution in [-0.2, 0) is 13.0 Å². The van der Waals surface area contributed by atoms with Crippen molar-refractivity contribution in [3.63, 3.8) is 0 Å². The molecule has 0 fully saturated rings. The van der Waals surface area contributed by atoms with E-state index in [0.29, 0.717) is 0 Å². The average molecular weight is 171 g/mol. The minimum Gasteiger partial charge on any atom is -0.390 e. The molecule has 0 radical (unpaired) electrons. The van der Waals surface area contributed by atoms with Crippen LogP contribution >= 0.6 is 11.3 Å². The van der Waals surface area contributed by atoms with Crippen molar-refractivity contribution in [3.05, 3.63) is 15.6 Å². The van der Waals surface area contributed by atoms with Gasteiger partial charge in [0.05, 0.1) is 17.3 Å². The van der Waals surface area contributed by atoms with Gasteiger partial charge in [0.15, 0.2) is 0 Å². The second kappa shape index (κ2) is 3.83. The minimum atomic E-state index is 0.0754. The van der Waals surface area contributed by atoms with Crippen LogP contribution < -0.4 is 0 Å². The Morgan fingerprint density at radius 2 is 2.27 bits per heavy atom. The van der Waals surface area contributed by atoms with Crippen LogP contribution in [-0.4, -0.2) is 10.1 Å². The quantitative estimate of drug-likeness (QED) is 0.753. The van der Waals surface area contributed by atoms with Crippen molar-refractivity contribution >= 4 is 11.3 Å². The van der Waals surface area contributed by atoms with Gasteiger partial charge in [0, 0.05) is 4.88 Å². The lowest BCUT2D eigenvalue weighted by atomic mass is 10.3. The summed E-state index contributed by atoms with van der Waals surface area (Å²) in [5.41, 5.74) is 0.846. The molecule has 1 rings (SSSR count). The number of thiazole rings is 1. The summed E-state index contributed by atoms with van der Waals surface area (Å²) in [6.07, 6.45) is 2.16. The molecule has 11 heavy (non-hydrogen) atoms. The summed E-state index contributed by atoms with van der Waals surface area (Å²) in [6, 6.07) is 0. The number of nitrogens with zero attached hydrogens (tertiary/aromatic N) is 1. The lowest BCUT2D eigenvalue weighted by molar-refractivity contribution is 0.276. The molecule has 0 bridgehead atoms. The molecule has 62 valence electrons. The van der Waals surface area contributed by atoms with Crippen LogP contribution in [0.4, 0.5) is 0 Å². The first-order chi connectivity index (χ1) is 5.27. The van der Waals surface area contributed by atoms with Crippen LogP contribution in [0.2, 0.25) is 0 Å². The van der Waals surface area contributed by atoms with Gasteiger partial charge in [-0.1, -0.05) is 6.92 Å². The first-order valence-corrected chi connectivity index (χ1v) is 4.65. The maximum atomic E-state index is 8.84. The van der Waals surface area contributed by atoms with E-state index in [1.165, 1.54) is 0 Å². The van der Waals surface area contributed by atoms with E-state index < -0.39 is 0 Å². The average Bonchev–Trinajstić information content (AvgIpc) is 2.32. The third-order valence-corrected chi connectivity index (χ3v) is 2.62. The summed E-state index contributed by atoms with van der Waals surface area (Å²) >= 11 is 1.69. The van der Waals surface area contributed by atoms with Crippen molar-refractivity contribution in [2.75, 3.05) is 0 Å². The Kier molecular flexibility index (Phi) is 3.02. The highest BCUT2D eigenvalue weighted by molar-refractivity contribution is 7.11. The Balaban J connectivity index is 2.77. The van der Waals surface area contributed by atoms with E-state index in [1.807, 2.05) is 6.92 Å². The maximum Gasteiger partial charge on any atom is 0.0931 e. The van der Waals surface area contributed by atoms with E-state index in [0.717, 1.165) is 28.4 Å². The standard InChI is InChI=1S/C8H13NOS/c1-3-4-8-9-7(5-10)6(2)11-8/h10H,3-5H2,1-2H3. The first-order valence-electron chi connectivity index (χ1n) is 3.84. The largest absolute Gasteiger partial charge is 0.390 e. The van der Waals surface area contributed by atoms with Crippen molar-refractivity contribution in [2.24, 2.45) is 0 Å². The van der Waals surface area contributed by atoms with Crippen LogP contribution in [0.25, 0.3) is 0 Å². The number of aliphatic hydroxyl groups is 1. The first kappa shape index (κ1) is 8.68. The molecule has 0 saturated heterocycles. The molecule has 0 amide bonds. The fraction of sp³-hybridized carbons (Fsp3) is 0.625. The molecular formula is C8H13NOS. The van der Waals surface area contributed by atoms with Gasteiger partial charge in [0.1, 0.15) is 0 Å². The molecule has 0 unspecified atom stereocenters. The number of hydrogen-bond donors (Lipinski definition) is 1. The van der Waals surface area contributed by atoms with Crippen LogP contribution in [0.15, 0.2) is 0 Å². The summed E-state index contributed by atoms with van der Waals surface area (Å²) < 4.78 is 0. The fourth-order valence-electron chi connectivity index (χ4n) is 0.955. The van der Waals surface area contributed by atoms with Crippen molar-refractivity contribution in [1.82, 2.24) is 4.98 Å². The SMILES string of the molecule is CCCc1nc(CO)c(C)s1. The zero-order valence-corrected chi connectivity index (χ0v) is 7.74. The molecule has 1 heterocycles. The second-order valence-corrected chi connectivity index (χ2v) is 3.81. The molecule has 1 aromatic rings. The smallest absolute Gasteiger partial charge is 0.0931 e. The van der Waals surface area contributed by atoms with E-state index in [1.54, 1.807) is 11.3 Å². The molecule has 1 N–H and O–H groups in total. The van der Waals surface area contributed by atoms with E-state index in [2.05, 4.69) is 11.9 Å². The Hall–Kier alpha value is -0.410. The van der Waals surface area contributed by atoms with Gasteiger partial charge in [-0.15, -0.1) is 11.3 Å². The van der Waals surface area contributed by atoms with E-state index >= 15 is 0 Å². The van der Waals surface area contributed by atoms with Crippen LogP contribution in [0, 0.1) is 6.92 Å². The number of rotatable bonds is 3.